The van der Waals surface area contributed by atoms with Crippen molar-refractivity contribution < 1.29 is 89.1 Å². The van der Waals surface area contributed by atoms with E-state index in [-0.39, 0.29) is 39.4 Å². The molecular formula is C48H76O18. The van der Waals surface area contributed by atoms with Crippen LogP contribution in [-0.4, -0.2) is 174 Å². The normalized spacial score (nSPS) is 54.4. The first-order valence-corrected chi connectivity index (χ1v) is 24.1. The number of aliphatic carboxylic acids is 1. The molecule has 7 fully saturated rings. The average Bonchev–Trinajstić information content (AvgIpc) is 3.25. The largest absolute Gasteiger partial charge is 0.479 e. The van der Waals surface area contributed by atoms with Gasteiger partial charge in [-0.05, 0) is 104 Å². The zero-order valence-corrected chi connectivity index (χ0v) is 39.5. The lowest BCUT2D eigenvalue weighted by atomic mass is 9.32. The van der Waals surface area contributed by atoms with Crippen LogP contribution in [0.4, 0.5) is 0 Å². The number of carbonyl (C=O) groups excluding carboxylic acids is 1. The lowest BCUT2D eigenvalue weighted by Crippen LogP contribution is -2.69. The lowest BCUT2D eigenvalue weighted by molar-refractivity contribution is -0.395. The molecule has 4 saturated carbocycles. The Morgan fingerprint density at radius 3 is 1.95 bits per heavy atom. The van der Waals surface area contributed by atoms with Crippen molar-refractivity contribution in [2.75, 3.05) is 6.61 Å². The molecule has 376 valence electrons. The van der Waals surface area contributed by atoms with Crippen LogP contribution < -0.4 is 0 Å². The van der Waals surface area contributed by atoms with Crippen molar-refractivity contribution >= 4 is 12.3 Å². The fourth-order valence-corrected chi connectivity index (χ4v) is 15.0. The van der Waals surface area contributed by atoms with Crippen LogP contribution in [0.2, 0.25) is 0 Å². The van der Waals surface area contributed by atoms with Crippen molar-refractivity contribution in [1.29, 1.82) is 0 Å². The third-order valence-corrected chi connectivity index (χ3v) is 19.1. The second-order valence-corrected chi connectivity index (χ2v) is 23.4. The molecule has 3 aliphatic heterocycles. The van der Waals surface area contributed by atoms with Crippen LogP contribution in [0.3, 0.4) is 0 Å². The highest BCUT2D eigenvalue weighted by atomic mass is 16.8. The Labute approximate surface area is 386 Å². The van der Waals surface area contributed by atoms with Gasteiger partial charge in [-0.25, -0.2) is 4.79 Å². The van der Waals surface area contributed by atoms with E-state index in [9.17, 15) is 60.7 Å². The van der Waals surface area contributed by atoms with Crippen LogP contribution in [0, 0.1) is 50.2 Å². The molecule has 0 aromatic heterocycles. The maximum atomic E-state index is 14.0. The number of aliphatic hydroxyl groups is 9. The van der Waals surface area contributed by atoms with Crippen molar-refractivity contribution in [3.63, 3.8) is 0 Å². The molecule has 3 saturated heterocycles. The molecule has 24 atom stereocenters. The van der Waals surface area contributed by atoms with Crippen molar-refractivity contribution in [2.45, 2.75) is 218 Å². The van der Waals surface area contributed by atoms with E-state index in [1.165, 1.54) is 18.8 Å². The summed E-state index contributed by atoms with van der Waals surface area (Å²) in [6, 6.07) is 0. The third kappa shape index (κ3) is 7.70. The van der Waals surface area contributed by atoms with Gasteiger partial charge in [0.25, 0.3) is 0 Å². The van der Waals surface area contributed by atoms with E-state index in [0.717, 1.165) is 38.5 Å². The van der Waals surface area contributed by atoms with Gasteiger partial charge in [0, 0.05) is 10.8 Å². The number of ether oxygens (including phenoxy) is 6. The van der Waals surface area contributed by atoms with E-state index in [1.807, 2.05) is 13.8 Å². The molecule has 8 rings (SSSR count). The van der Waals surface area contributed by atoms with Crippen molar-refractivity contribution in [2.24, 2.45) is 50.2 Å². The summed E-state index contributed by atoms with van der Waals surface area (Å²) >= 11 is 0. The lowest BCUT2D eigenvalue weighted by Gasteiger charge is -2.72. The van der Waals surface area contributed by atoms with E-state index in [2.05, 4.69) is 40.7 Å². The predicted molar refractivity (Wildman–Crippen MR) is 230 cm³/mol. The first-order valence-electron chi connectivity index (χ1n) is 24.1. The number of hydrogen-bond acceptors (Lipinski definition) is 17. The quantitative estimate of drug-likeness (QED) is 0.0873. The Morgan fingerprint density at radius 1 is 0.682 bits per heavy atom. The fourth-order valence-electron chi connectivity index (χ4n) is 15.0. The summed E-state index contributed by atoms with van der Waals surface area (Å²) < 4.78 is 36.2. The van der Waals surface area contributed by atoms with Gasteiger partial charge >= 0.3 is 5.97 Å². The zero-order chi connectivity index (χ0) is 48.4. The number of aliphatic hydroxyl groups excluding tert-OH is 9. The minimum absolute atomic E-state index is 0.0465. The zero-order valence-electron chi connectivity index (χ0n) is 39.5. The van der Waals surface area contributed by atoms with E-state index < -0.39 is 128 Å². The van der Waals surface area contributed by atoms with Gasteiger partial charge in [-0.3, -0.25) is 0 Å². The van der Waals surface area contributed by atoms with Crippen LogP contribution >= 0.6 is 0 Å². The number of rotatable bonds is 9. The SMILES string of the molecule is C[C@@H]1O[C@@H](O[C@H]2[C@H](O[C@H]3[C@H](O[C@H]4CC[C@]5(C=O)[C@H]6CC[C@@H]7C8=CC(C)(C)C[C@@H](O)[C@]8(C)CC[C@@]7(C)[C@]6(C)CC[C@H]5C4(C)C)O[C@H](C(=O)O)[C@@H](O)[C@@H]3O)O[C@H](CO)[C@@H](O)[C@@H]2O)[C@H](O)[C@H](O)[C@H]1O. The smallest absolute Gasteiger partial charge is 0.335 e. The number of carboxylic acid groups (broad SMARTS) is 1. The topological polar surface area (TPSA) is 292 Å². The first-order chi connectivity index (χ1) is 30.7. The van der Waals surface area contributed by atoms with Crippen LogP contribution in [0.1, 0.15) is 113 Å². The van der Waals surface area contributed by atoms with E-state index in [4.69, 9.17) is 28.4 Å². The summed E-state index contributed by atoms with van der Waals surface area (Å²) in [5, 5.41) is 108. The fraction of sp³-hybridized carbons (Fsp3) is 0.917. The molecule has 0 amide bonds. The third-order valence-electron chi connectivity index (χ3n) is 19.1. The number of carboxylic acids is 1. The van der Waals surface area contributed by atoms with E-state index >= 15 is 0 Å². The summed E-state index contributed by atoms with van der Waals surface area (Å²) in [6.45, 7) is 16.1. The highest BCUT2D eigenvalue weighted by Crippen LogP contribution is 2.76. The second-order valence-electron chi connectivity index (χ2n) is 23.4. The Balaban J connectivity index is 1.07. The van der Waals surface area contributed by atoms with Crippen LogP contribution in [0.25, 0.3) is 0 Å². The van der Waals surface area contributed by atoms with Gasteiger partial charge in [0.1, 0.15) is 67.3 Å². The Morgan fingerprint density at radius 2 is 1.32 bits per heavy atom. The number of carbonyl (C=O) groups is 2. The molecule has 10 N–H and O–H groups in total. The highest BCUT2D eigenvalue weighted by Gasteiger charge is 2.71. The molecule has 18 nitrogen and oxygen atoms in total. The molecular weight excluding hydrogens is 865 g/mol. The second kappa shape index (κ2) is 17.5. The molecule has 8 aliphatic rings. The number of hydrogen-bond donors (Lipinski definition) is 10. The van der Waals surface area contributed by atoms with Crippen LogP contribution in [0.15, 0.2) is 11.6 Å². The summed E-state index contributed by atoms with van der Waals surface area (Å²) in [4.78, 5) is 26.5. The Kier molecular flexibility index (Phi) is 13.5. The molecule has 0 spiro atoms. The maximum absolute atomic E-state index is 14.0. The molecule has 3 heterocycles. The molecule has 0 unspecified atom stereocenters. The molecule has 5 aliphatic carbocycles. The first kappa shape index (κ1) is 50.7. The van der Waals surface area contributed by atoms with E-state index in [0.29, 0.717) is 19.3 Å². The summed E-state index contributed by atoms with van der Waals surface area (Å²) in [7, 11) is 0. The molecule has 0 aromatic rings. The highest BCUT2D eigenvalue weighted by molar-refractivity contribution is 5.73. The standard InChI is InChI=1S/C48H76O18/c1-21-29(52)31(54)35(58)40(61-21)65-37-32(55)30(53)24(19-49)62-41(37)66-38-34(57)33(56)36(39(59)60)64-42(38)63-28-12-14-48(20-50)25(44(28,4)5)11-13-47(8)26(48)10-9-22-23-17-43(2,3)18-27(51)45(23,6)15-16-46(22,47)7/h17,20-22,24-38,40-42,49,51-58H,9-16,18-19H2,1-8H3,(H,59,60)/t21-,22+,24+,25-,26-,27+,28-,29-,30+,31+,32-,33-,34-,35+,36-,37+,38+,40-,41-,42+,45+,46+,47+,48+/m0/s1. The summed E-state index contributed by atoms with van der Waals surface area (Å²) in [6.07, 6.45) is -17.1. The van der Waals surface area contributed by atoms with Gasteiger partial charge < -0.3 is 84.3 Å². The van der Waals surface area contributed by atoms with E-state index in [1.54, 1.807) is 0 Å². The number of allylic oxidation sites excluding steroid dienone is 1. The minimum atomic E-state index is -2.06. The summed E-state index contributed by atoms with van der Waals surface area (Å²) in [5.74, 6) is -1.46. The van der Waals surface area contributed by atoms with Gasteiger partial charge in [-0.2, -0.15) is 0 Å². The Hall–Kier alpha value is -1.72. The molecule has 0 aromatic carbocycles. The van der Waals surface area contributed by atoms with Gasteiger partial charge in [0.2, 0.25) is 0 Å². The molecule has 0 bridgehead atoms. The van der Waals surface area contributed by atoms with Gasteiger partial charge in [0.05, 0.1) is 24.9 Å². The maximum Gasteiger partial charge on any atom is 0.335 e. The Bertz CT molecular complexity index is 1840. The van der Waals surface area contributed by atoms with Gasteiger partial charge in [-0.15, -0.1) is 0 Å². The van der Waals surface area contributed by atoms with Crippen LogP contribution in [-0.2, 0) is 38.0 Å². The average molecular weight is 941 g/mol. The van der Waals surface area contributed by atoms with Crippen molar-refractivity contribution in [3.8, 4) is 0 Å². The summed E-state index contributed by atoms with van der Waals surface area (Å²) in [5.41, 5.74) is -0.852. The monoisotopic (exact) mass is 941 g/mol. The van der Waals surface area contributed by atoms with Crippen molar-refractivity contribution in [3.05, 3.63) is 11.6 Å². The molecule has 0 radical (unpaired) electrons. The molecule has 66 heavy (non-hydrogen) atoms. The number of fused-ring (bicyclic) bond motifs is 7. The van der Waals surface area contributed by atoms with Crippen molar-refractivity contribution in [1.82, 2.24) is 0 Å². The molecule has 18 heteroatoms. The number of aldehydes is 1. The van der Waals surface area contributed by atoms with Crippen LogP contribution in [0.5, 0.6) is 0 Å². The minimum Gasteiger partial charge on any atom is -0.479 e. The van der Waals surface area contributed by atoms with Gasteiger partial charge in [0.15, 0.2) is 25.0 Å². The van der Waals surface area contributed by atoms with Gasteiger partial charge in [-0.1, -0.05) is 60.1 Å². The predicted octanol–water partition coefficient (Wildman–Crippen LogP) is 0.911.